The monoisotopic (exact) mass is 376 g/mol. The molecule has 0 aliphatic carbocycles. The van der Waals surface area contributed by atoms with Crippen LogP contribution in [0, 0.1) is 5.92 Å². The van der Waals surface area contributed by atoms with Crippen molar-refractivity contribution >= 4 is 17.7 Å². The molecule has 8 nitrogen and oxygen atoms in total. The van der Waals surface area contributed by atoms with Crippen molar-refractivity contribution in [2.75, 3.05) is 6.61 Å². The standard InChI is InChI=1S/C17H24N6O2S/c1-12(2)15(16(24)19-10-13-5-3-7-18-9-13)26-17-20-21-22-23(17)11-14-6-4-8-25-14/h3,5,7,9,12,14-15H,4,6,8,10-11H2,1-2H3,(H,19,24)/t14-,15+/m1/s1. The Morgan fingerprint density at radius 2 is 2.38 bits per heavy atom. The van der Waals surface area contributed by atoms with Gasteiger partial charge in [0.15, 0.2) is 0 Å². The third-order valence-electron chi connectivity index (χ3n) is 4.19. The van der Waals surface area contributed by atoms with Gasteiger partial charge < -0.3 is 10.1 Å². The molecular weight excluding hydrogens is 352 g/mol. The second kappa shape index (κ2) is 9.09. The van der Waals surface area contributed by atoms with Gasteiger partial charge in [-0.2, -0.15) is 0 Å². The van der Waals surface area contributed by atoms with E-state index in [1.54, 1.807) is 17.1 Å². The largest absolute Gasteiger partial charge is 0.376 e. The van der Waals surface area contributed by atoms with Crippen LogP contribution in [-0.4, -0.2) is 49.1 Å². The van der Waals surface area contributed by atoms with Gasteiger partial charge in [0.1, 0.15) is 0 Å². The second-order valence-electron chi connectivity index (χ2n) is 6.64. The molecule has 1 N–H and O–H groups in total. The predicted molar refractivity (Wildman–Crippen MR) is 97.4 cm³/mol. The predicted octanol–water partition coefficient (Wildman–Crippen LogP) is 1.68. The number of thioether (sulfide) groups is 1. The number of carbonyl (C=O) groups excluding carboxylic acids is 1. The van der Waals surface area contributed by atoms with Crippen molar-refractivity contribution in [1.82, 2.24) is 30.5 Å². The highest BCUT2D eigenvalue weighted by Gasteiger charge is 2.27. The molecule has 2 aromatic heterocycles. The highest BCUT2D eigenvalue weighted by Crippen LogP contribution is 2.27. The molecule has 2 atom stereocenters. The van der Waals surface area contributed by atoms with E-state index >= 15 is 0 Å². The number of hydrogen-bond donors (Lipinski definition) is 1. The summed E-state index contributed by atoms with van der Waals surface area (Å²) in [4.78, 5) is 16.8. The fourth-order valence-corrected chi connectivity index (χ4v) is 3.78. The van der Waals surface area contributed by atoms with E-state index in [1.165, 1.54) is 11.8 Å². The van der Waals surface area contributed by atoms with E-state index in [9.17, 15) is 4.79 Å². The molecule has 0 bridgehead atoms. The average Bonchev–Trinajstić information content (AvgIpc) is 3.31. The van der Waals surface area contributed by atoms with Gasteiger partial charge in [0.25, 0.3) is 0 Å². The summed E-state index contributed by atoms with van der Waals surface area (Å²) in [5.74, 6) is 0.113. The molecule has 0 unspecified atom stereocenters. The molecule has 1 aliphatic rings. The third kappa shape index (κ3) is 5.01. The van der Waals surface area contributed by atoms with Crippen LogP contribution in [-0.2, 0) is 22.6 Å². The zero-order chi connectivity index (χ0) is 18.4. The summed E-state index contributed by atoms with van der Waals surface area (Å²) in [6.07, 6.45) is 5.70. The van der Waals surface area contributed by atoms with Crippen LogP contribution in [0.4, 0.5) is 0 Å². The van der Waals surface area contributed by atoms with Gasteiger partial charge in [-0.15, -0.1) is 5.10 Å². The topological polar surface area (TPSA) is 94.8 Å². The molecule has 3 rings (SSSR count). The zero-order valence-corrected chi connectivity index (χ0v) is 15.9. The zero-order valence-electron chi connectivity index (χ0n) is 15.0. The van der Waals surface area contributed by atoms with E-state index < -0.39 is 0 Å². The van der Waals surface area contributed by atoms with Crippen LogP contribution in [0.1, 0.15) is 32.3 Å². The van der Waals surface area contributed by atoms with Crippen molar-refractivity contribution in [3.8, 4) is 0 Å². The summed E-state index contributed by atoms with van der Waals surface area (Å²) >= 11 is 1.40. The van der Waals surface area contributed by atoms with E-state index in [-0.39, 0.29) is 23.2 Å². The first kappa shape index (κ1) is 18.8. The van der Waals surface area contributed by atoms with Crippen molar-refractivity contribution in [3.05, 3.63) is 30.1 Å². The molecular formula is C17H24N6O2S. The highest BCUT2D eigenvalue weighted by atomic mass is 32.2. The summed E-state index contributed by atoms with van der Waals surface area (Å²) < 4.78 is 7.40. The summed E-state index contributed by atoms with van der Waals surface area (Å²) in [6, 6.07) is 3.79. The molecule has 2 aromatic rings. The molecule has 0 spiro atoms. The lowest BCUT2D eigenvalue weighted by Crippen LogP contribution is -2.35. The Balaban J connectivity index is 1.61. The van der Waals surface area contributed by atoms with Crippen molar-refractivity contribution < 1.29 is 9.53 Å². The maximum atomic E-state index is 12.7. The second-order valence-corrected chi connectivity index (χ2v) is 7.75. The molecule has 1 amide bonds. The Morgan fingerprint density at radius 1 is 1.50 bits per heavy atom. The first-order chi connectivity index (χ1) is 12.6. The Labute approximate surface area is 157 Å². The number of nitrogens with one attached hydrogen (secondary N) is 1. The first-order valence-electron chi connectivity index (χ1n) is 8.84. The number of tetrazole rings is 1. The van der Waals surface area contributed by atoms with Gasteiger partial charge in [-0.25, -0.2) is 4.68 Å². The van der Waals surface area contributed by atoms with Crippen LogP contribution in [0.3, 0.4) is 0 Å². The molecule has 140 valence electrons. The molecule has 0 radical (unpaired) electrons. The molecule has 26 heavy (non-hydrogen) atoms. The number of carbonyl (C=O) groups is 1. The van der Waals surface area contributed by atoms with E-state index in [1.807, 2.05) is 26.0 Å². The molecule has 1 aliphatic heterocycles. The van der Waals surface area contributed by atoms with Gasteiger partial charge in [0, 0.05) is 25.5 Å². The van der Waals surface area contributed by atoms with Crippen LogP contribution in [0.5, 0.6) is 0 Å². The Morgan fingerprint density at radius 3 is 3.08 bits per heavy atom. The van der Waals surface area contributed by atoms with Crippen LogP contribution in [0.2, 0.25) is 0 Å². The number of rotatable bonds is 8. The number of amides is 1. The number of hydrogen-bond acceptors (Lipinski definition) is 7. The average molecular weight is 376 g/mol. The number of aromatic nitrogens is 5. The van der Waals surface area contributed by atoms with Crippen molar-refractivity contribution in [2.45, 2.75) is 56.3 Å². The minimum absolute atomic E-state index is 0.0273. The molecule has 1 fully saturated rings. The molecule has 3 heterocycles. The number of nitrogens with zero attached hydrogens (tertiary/aromatic N) is 5. The fraction of sp³-hybridized carbons (Fsp3) is 0.588. The highest BCUT2D eigenvalue weighted by molar-refractivity contribution is 8.00. The van der Waals surface area contributed by atoms with Gasteiger partial charge in [0.2, 0.25) is 11.1 Å². The molecule has 0 saturated carbocycles. The van der Waals surface area contributed by atoms with Crippen molar-refractivity contribution in [3.63, 3.8) is 0 Å². The summed E-state index contributed by atoms with van der Waals surface area (Å²) in [6.45, 7) is 5.92. The lowest BCUT2D eigenvalue weighted by Gasteiger charge is -2.19. The fourth-order valence-electron chi connectivity index (χ4n) is 2.78. The minimum atomic E-state index is -0.277. The summed E-state index contributed by atoms with van der Waals surface area (Å²) in [7, 11) is 0. The van der Waals surface area contributed by atoms with E-state index in [0.29, 0.717) is 18.2 Å². The Hall–Kier alpha value is -2.00. The maximum absolute atomic E-state index is 12.7. The van der Waals surface area contributed by atoms with Crippen molar-refractivity contribution in [2.24, 2.45) is 5.92 Å². The number of pyridine rings is 1. The number of ether oxygens (including phenoxy) is 1. The minimum Gasteiger partial charge on any atom is -0.376 e. The SMILES string of the molecule is CC(C)[C@H](Sc1nnnn1C[C@H]1CCCO1)C(=O)NCc1cccnc1. The van der Waals surface area contributed by atoms with Gasteiger partial charge in [-0.05, 0) is 40.8 Å². The quantitative estimate of drug-likeness (QED) is 0.700. The van der Waals surface area contributed by atoms with Crippen LogP contribution in [0.15, 0.2) is 29.7 Å². The van der Waals surface area contributed by atoms with Crippen LogP contribution in [0.25, 0.3) is 0 Å². The lowest BCUT2D eigenvalue weighted by atomic mass is 10.1. The molecule has 0 aromatic carbocycles. The smallest absolute Gasteiger partial charge is 0.234 e. The van der Waals surface area contributed by atoms with E-state index in [0.717, 1.165) is 25.0 Å². The third-order valence-corrected chi connectivity index (χ3v) is 5.70. The van der Waals surface area contributed by atoms with Gasteiger partial charge in [-0.3, -0.25) is 9.78 Å². The lowest BCUT2D eigenvalue weighted by molar-refractivity contribution is -0.121. The first-order valence-corrected chi connectivity index (χ1v) is 9.72. The van der Waals surface area contributed by atoms with Crippen molar-refractivity contribution in [1.29, 1.82) is 0 Å². The van der Waals surface area contributed by atoms with Gasteiger partial charge in [0.05, 0.1) is 17.9 Å². The molecule has 9 heteroatoms. The summed E-state index contributed by atoms with van der Waals surface area (Å²) in [5.41, 5.74) is 0.969. The molecule has 1 saturated heterocycles. The maximum Gasteiger partial charge on any atom is 0.234 e. The Kier molecular flexibility index (Phi) is 6.56. The normalized spacial score (nSPS) is 18.2. The van der Waals surface area contributed by atoms with Crippen LogP contribution < -0.4 is 5.32 Å². The van der Waals surface area contributed by atoms with Gasteiger partial charge >= 0.3 is 0 Å². The van der Waals surface area contributed by atoms with E-state index in [4.69, 9.17) is 4.74 Å². The van der Waals surface area contributed by atoms with Gasteiger partial charge in [-0.1, -0.05) is 31.7 Å². The summed E-state index contributed by atoms with van der Waals surface area (Å²) in [5, 5.41) is 15.3. The van der Waals surface area contributed by atoms with Crippen LogP contribution >= 0.6 is 11.8 Å². The van der Waals surface area contributed by atoms with E-state index in [2.05, 4.69) is 25.8 Å². The Bertz CT molecular complexity index is 702.